The minimum absolute atomic E-state index is 0.0557. The molecule has 1 heterocycles. The Labute approximate surface area is 182 Å². The number of halogens is 1. The van der Waals surface area contributed by atoms with Crippen molar-refractivity contribution in [2.24, 2.45) is 0 Å². The maximum absolute atomic E-state index is 12.3. The van der Waals surface area contributed by atoms with Crippen molar-refractivity contribution in [2.75, 3.05) is 31.8 Å². The van der Waals surface area contributed by atoms with Crippen LogP contribution in [0.1, 0.15) is 0 Å². The average molecular weight is 447 g/mol. The Kier molecular flexibility index (Phi) is 7.31. The molecule has 1 N–H and O–H groups in total. The first-order valence-electron chi connectivity index (χ1n) is 8.84. The average Bonchev–Trinajstić information content (AvgIpc) is 3.21. The minimum atomic E-state index is -0.315. The Bertz CT molecular complexity index is 1040. The molecule has 2 aromatic carbocycles. The Morgan fingerprint density at radius 2 is 2.00 bits per heavy atom. The molecule has 0 saturated carbocycles. The van der Waals surface area contributed by atoms with Gasteiger partial charge in [-0.1, -0.05) is 35.5 Å². The third-order valence-corrected chi connectivity index (χ3v) is 5.00. The molecule has 0 radical (unpaired) electrons. The third-order valence-electron chi connectivity index (χ3n) is 3.96. The second-order valence-corrected chi connectivity index (χ2v) is 7.57. The summed E-state index contributed by atoms with van der Waals surface area (Å²) in [6.07, 6.45) is 0. The number of amides is 2. The van der Waals surface area contributed by atoms with Crippen LogP contribution in [-0.4, -0.2) is 53.4 Å². The summed E-state index contributed by atoms with van der Waals surface area (Å²) in [5, 5.41) is 11.4. The van der Waals surface area contributed by atoms with Gasteiger partial charge in [-0.25, -0.2) is 0 Å². The van der Waals surface area contributed by atoms with Crippen LogP contribution in [-0.2, 0) is 9.59 Å². The molecule has 0 aliphatic heterocycles. The Hall–Kier alpha value is -3.04. The van der Waals surface area contributed by atoms with Gasteiger partial charge in [-0.3, -0.25) is 9.59 Å². The molecule has 0 spiro atoms. The number of benzene rings is 2. The maximum Gasteiger partial charge on any atom is 0.277 e. The molecule has 0 aliphatic rings. The Balaban J connectivity index is 1.49. The first kappa shape index (κ1) is 21.7. The lowest BCUT2D eigenvalue weighted by Gasteiger charge is -2.16. The van der Waals surface area contributed by atoms with Crippen molar-refractivity contribution in [1.29, 1.82) is 0 Å². The van der Waals surface area contributed by atoms with E-state index in [1.165, 1.54) is 4.90 Å². The van der Waals surface area contributed by atoms with Crippen LogP contribution in [0.25, 0.3) is 11.5 Å². The highest BCUT2D eigenvalue weighted by Gasteiger charge is 2.16. The lowest BCUT2D eigenvalue weighted by Crippen LogP contribution is -2.35. The highest BCUT2D eigenvalue weighted by Crippen LogP contribution is 2.25. The van der Waals surface area contributed by atoms with Crippen molar-refractivity contribution in [1.82, 2.24) is 15.1 Å². The number of thioether (sulfide) groups is 1. The van der Waals surface area contributed by atoms with Crippen LogP contribution in [0.3, 0.4) is 0 Å². The highest BCUT2D eigenvalue weighted by atomic mass is 35.5. The fourth-order valence-corrected chi connectivity index (χ4v) is 3.34. The normalized spacial score (nSPS) is 10.5. The van der Waals surface area contributed by atoms with Crippen LogP contribution in [0, 0.1) is 0 Å². The number of hydrogen-bond donors (Lipinski definition) is 1. The largest absolute Gasteiger partial charge is 0.497 e. The van der Waals surface area contributed by atoms with Gasteiger partial charge in [0, 0.05) is 29.4 Å². The Morgan fingerprint density at radius 3 is 2.77 bits per heavy atom. The number of carbonyl (C=O) groups excluding carboxylic acids is 2. The monoisotopic (exact) mass is 446 g/mol. The zero-order valence-electron chi connectivity index (χ0n) is 16.3. The summed E-state index contributed by atoms with van der Waals surface area (Å²) in [7, 11) is 3.10. The molecule has 30 heavy (non-hydrogen) atoms. The molecule has 0 fully saturated rings. The number of methoxy groups -OCH3 is 1. The van der Waals surface area contributed by atoms with Gasteiger partial charge in [0.2, 0.25) is 17.7 Å². The molecule has 0 saturated heterocycles. The minimum Gasteiger partial charge on any atom is -0.497 e. The number of likely N-dealkylation sites (N-methyl/N-ethyl adjacent to an activating group) is 1. The van der Waals surface area contributed by atoms with Gasteiger partial charge in [-0.15, -0.1) is 10.2 Å². The smallest absolute Gasteiger partial charge is 0.277 e. The van der Waals surface area contributed by atoms with Gasteiger partial charge in [0.15, 0.2) is 0 Å². The number of nitrogens with zero attached hydrogens (tertiary/aromatic N) is 3. The zero-order chi connectivity index (χ0) is 21.5. The molecular formula is C20H19ClN4O4S. The predicted octanol–water partition coefficient (Wildman–Crippen LogP) is 3.59. The van der Waals surface area contributed by atoms with Crippen LogP contribution in [0.4, 0.5) is 5.69 Å². The molecule has 0 aliphatic carbocycles. The summed E-state index contributed by atoms with van der Waals surface area (Å²) in [4.78, 5) is 25.8. The maximum atomic E-state index is 12.3. The molecule has 156 valence electrons. The summed E-state index contributed by atoms with van der Waals surface area (Å²) < 4.78 is 10.7. The van der Waals surface area contributed by atoms with Gasteiger partial charge in [0.1, 0.15) is 5.75 Å². The van der Waals surface area contributed by atoms with Gasteiger partial charge in [0.05, 0.1) is 19.4 Å². The van der Waals surface area contributed by atoms with E-state index >= 15 is 0 Å². The van der Waals surface area contributed by atoms with Crippen molar-refractivity contribution in [2.45, 2.75) is 5.22 Å². The summed E-state index contributed by atoms with van der Waals surface area (Å²) in [5.74, 6) is 0.442. The number of nitrogens with one attached hydrogen (secondary N) is 1. The van der Waals surface area contributed by atoms with E-state index in [1.807, 2.05) is 0 Å². The Morgan fingerprint density at radius 1 is 1.20 bits per heavy atom. The van der Waals surface area contributed by atoms with E-state index in [0.717, 1.165) is 11.8 Å². The predicted molar refractivity (Wildman–Crippen MR) is 115 cm³/mol. The number of carbonyl (C=O) groups is 2. The van der Waals surface area contributed by atoms with E-state index in [4.69, 9.17) is 20.8 Å². The summed E-state index contributed by atoms with van der Waals surface area (Å²) in [6, 6.07) is 14.0. The standard InChI is InChI=1S/C20H19ClN4O4S/c1-25(11-17(26)22-15-7-4-8-16(10-15)28-2)18(27)12-30-20-24-23-19(29-20)13-5-3-6-14(21)9-13/h3-10H,11-12H2,1-2H3,(H,22,26). The van der Waals surface area contributed by atoms with Crippen LogP contribution >= 0.6 is 23.4 Å². The molecule has 0 bridgehead atoms. The number of ether oxygens (including phenoxy) is 1. The molecule has 0 atom stereocenters. The van der Waals surface area contributed by atoms with Gasteiger partial charge in [-0.2, -0.15) is 0 Å². The zero-order valence-corrected chi connectivity index (χ0v) is 17.9. The van der Waals surface area contributed by atoms with Crippen molar-refractivity contribution >= 4 is 40.9 Å². The van der Waals surface area contributed by atoms with Crippen molar-refractivity contribution in [3.8, 4) is 17.2 Å². The summed E-state index contributed by atoms with van der Waals surface area (Å²) in [5.41, 5.74) is 1.29. The number of rotatable bonds is 8. The van der Waals surface area contributed by atoms with E-state index in [-0.39, 0.29) is 29.3 Å². The summed E-state index contributed by atoms with van der Waals surface area (Å²) >= 11 is 7.06. The van der Waals surface area contributed by atoms with Crippen LogP contribution < -0.4 is 10.1 Å². The topological polar surface area (TPSA) is 97.6 Å². The van der Waals surface area contributed by atoms with Gasteiger partial charge in [0.25, 0.3) is 5.22 Å². The quantitative estimate of drug-likeness (QED) is 0.528. The number of hydrogen-bond acceptors (Lipinski definition) is 7. The molecule has 0 unspecified atom stereocenters. The molecule has 3 aromatic rings. The van der Waals surface area contributed by atoms with E-state index in [2.05, 4.69) is 15.5 Å². The fourth-order valence-electron chi connectivity index (χ4n) is 2.44. The highest BCUT2D eigenvalue weighted by molar-refractivity contribution is 7.99. The van der Waals surface area contributed by atoms with Gasteiger partial charge < -0.3 is 19.4 Å². The number of aromatic nitrogens is 2. The number of anilines is 1. The lowest BCUT2D eigenvalue weighted by atomic mass is 10.2. The van der Waals surface area contributed by atoms with E-state index in [9.17, 15) is 9.59 Å². The van der Waals surface area contributed by atoms with Gasteiger partial charge >= 0.3 is 0 Å². The first-order chi connectivity index (χ1) is 14.4. The van der Waals surface area contributed by atoms with Crippen LogP contribution in [0.2, 0.25) is 5.02 Å². The third kappa shape index (κ3) is 5.98. The second-order valence-electron chi connectivity index (χ2n) is 6.20. The molecule has 10 heteroatoms. The molecule has 3 rings (SSSR count). The lowest BCUT2D eigenvalue weighted by molar-refractivity contribution is -0.131. The van der Waals surface area contributed by atoms with Crippen molar-refractivity contribution in [3.05, 3.63) is 53.6 Å². The SMILES string of the molecule is COc1cccc(NC(=O)CN(C)C(=O)CSc2nnc(-c3cccc(Cl)c3)o2)c1. The fraction of sp³-hybridized carbons (Fsp3) is 0.200. The van der Waals surface area contributed by atoms with Crippen molar-refractivity contribution in [3.63, 3.8) is 0 Å². The van der Waals surface area contributed by atoms with Crippen LogP contribution in [0.5, 0.6) is 5.75 Å². The van der Waals surface area contributed by atoms with Crippen molar-refractivity contribution < 1.29 is 18.7 Å². The van der Waals surface area contributed by atoms with Crippen LogP contribution in [0.15, 0.2) is 58.2 Å². The molecular weight excluding hydrogens is 428 g/mol. The van der Waals surface area contributed by atoms with Gasteiger partial charge in [-0.05, 0) is 30.3 Å². The van der Waals surface area contributed by atoms with E-state index in [0.29, 0.717) is 27.9 Å². The molecule has 1 aromatic heterocycles. The molecule has 2 amide bonds. The molecule has 8 nitrogen and oxygen atoms in total. The first-order valence-corrected chi connectivity index (χ1v) is 10.2. The summed E-state index contributed by atoms with van der Waals surface area (Å²) in [6.45, 7) is -0.0891. The second kappa shape index (κ2) is 10.1. The van der Waals surface area contributed by atoms with E-state index < -0.39 is 0 Å². The van der Waals surface area contributed by atoms with E-state index in [1.54, 1.807) is 62.7 Å².